The molecule has 3 aromatic rings. The number of benzene rings is 1. The lowest BCUT2D eigenvalue weighted by atomic mass is 9.92. The molecule has 2 aromatic heterocycles. The van der Waals surface area contributed by atoms with Crippen LogP contribution in [0.3, 0.4) is 0 Å². The number of hydrogen-bond acceptors (Lipinski definition) is 6. The minimum absolute atomic E-state index is 0.0227. The molecule has 7 heteroatoms. The van der Waals surface area contributed by atoms with Crippen LogP contribution >= 0.6 is 0 Å². The molecule has 2 N–H and O–H groups in total. The SMILES string of the molecule is CC/C=C(\C=NC)Nc1ncc(-c2ccc(CC(=O)Nc3ccc(C(C)(C)C)nc3)cc2)cn1. The molecule has 0 atom stereocenters. The van der Waals surface area contributed by atoms with Gasteiger partial charge in [0, 0.05) is 42.3 Å². The molecule has 0 unspecified atom stereocenters. The molecule has 2 heterocycles. The van der Waals surface area contributed by atoms with Gasteiger partial charge in [-0.1, -0.05) is 58.0 Å². The largest absolute Gasteiger partial charge is 0.324 e. The van der Waals surface area contributed by atoms with E-state index in [4.69, 9.17) is 0 Å². The number of nitrogens with zero attached hydrogens (tertiary/aromatic N) is 4. The second kappa shape index (κ2) is 11.3. The van der Waals surface area contributed by atoms with Crippen molar-refractivity contribution >= 4 is 23.8 Å². The van der Waals surface area contributed by atoms with Crippen molar-refractivity contribution in [3.63, 3.8) is 0 Å². The van der Waals surface area contributed by atoms with E-state index < -0.39 is 0 Å². The monoisotopic (exact) mass is 456 g/mol. The Morgan fingerprint density at radius 3 is 2.21 bits per heavy atom. The van der Waals surface area contributed by atoms with E-state index in [1.807, 2.05) is 42.5 Å². The molecule has 3 rings (SSSR count). The van der Waals surface area contributed by atoms with Crippen LogP contribution in [0.4, 0.5) is 11.6 Å². The number of anilines is 2. The van der Waals surface area contributed by atoms with Crippen LogP contribution in [0.1, 0.15) is 45.4 Å². The molecular weight excluding hydrogens is 424 g/mol. The minimum atomic E-state index is -0.0802. The zero-order valence-corrected chi connectivity index (χ0v) is 20.5. The van der Waals surface area contributed by atoms with Gasteiger partial charge in [0.1, 0.15) is 0 Å². The van der Waals surface area contributed by atoms with E-state index in [9.17, 15) is 4.79 Å². The van der Waals surface area contributed by atoms with Crippen LogP contribution in [0.2, 0.25) is 0 Å². The van der Waals surface area contributed by atoms with Gasteiger partial charge in [0.15, 0.2) is 0 Å². The summed E-state index contributed by atoms with van der Waals surface area (Å²) in [4.78, 5) is 29.8. The van der Waals surface area contributed by atoms with E-state index >= 15 is 0 Å². The Morgan fingerprint density at radius 1 is 0.941 bits per heavy atom. The number of rotatable bonds is 8. The highest BCUT2D eigenvalue weighted by atomic mass is 16.1. The summed E-state index contributed by atoms with van der Waals surface area (Å²) in [7, 11) is 1.73. The highest BCUT2D eigenvalue weighted by molar-refractivity contribution is 5.92. The first-order chi connectivity index (χ1) is 16.3. The maximum atomic E-state index is 12.5. The lowest BCUT2D eigenvalue weighted by Crippen LogP contribution is -2.16. The molecule has 1 amide bonds. The first-order valence-corrected chi connectivity index (χ1v) is 11.4. The van der Waals surface area contributed by atoms with Gasteiger partial charge in [-0.3, -0.25) is 14.8 Å². The molecule has 0 aliphatic carbocycles. The van der Waals surface area contributed by atoms with Crippen LogP contribution in [0.15, 0.2) is 71.8 Å². The molecule has 0 aliphatic heterocycles. The summed E-state index contributed by atoms with van der Waals surface area (Å²) in [6.07, 6.45) is 10.2. The van der Waals surface area contributed by atoms with E-state index in [1.165, 1.54) is 0 Å². The summed E-state index contributed by atoms with van der Waals surface area (Å²) in [5, 5.41) is 6.07. The quantitative estimate of drug-likeness (QED) is 0.441. The second-order valence-electron chi connectivity index (χ2n) is 8.98. The van der Waals surface area contributed by atoms with E-state index in [0.717, 1.165) is 34.5 Å². The normalized spacial score (nSPS) is 12.1. The minimum Gasteiger partial charge on any atom is -0.324 e. The lowest BCUT2D eigenvalue weighted by molar-refractivity contribution is -0.115. The Morgan fingerprint density at radius 2 is 1.65 bits per heavy atom. The number of hydrogen-bond donors (Lipinski definition) is 2. The maximum Gasteiger partial charge on any atom is 0.228 e. The van der Waals surface area contributed by atoms with Crippen molar-refractivity contribution in [3.8, 4) is 11.1 Å². The molecule has 0 saturated heterocycles. The van der Waals surface area contributed by atoms with Gasteiger partial charge in [0.25, 0.3) is 0 Å². The standard InChI is InChI=1S/C27H32N6O/c1-6-7-22(17-28-5)33-26-30-15-21(16-31-26)20-10-8-19(9-11-20)14-25(34)32-23-12-13-24(29-18-23)27(2,3)4/h7-13,15-18H,6,14H2,1-5H3,(H,32,34)(H,30,31,33)/b22-7+,28-17?. The molecule has 0 bridgehead atoms. The fourth-order valence-electron chi connectivity index (χ4n) is 3.28. The van der Waals surface area contributed by atoms with Crippen LogP contribution < -0.4 is 10.6 Å². The predicted octanol–water partition coefficient (Wildman–Crippen LogP) is 5.42. The third-order valence-electron chi connectivity index (χ3n) is 5.07. The molecule has 0 saturated carbocycles. The molecule has 176 valence electrons. The Hall–Kier alpha value is -3.87. The number of aliphatic imine (C=N–C) groups is 1. The first-order valence-electron chi connectivity index (χ1n) is 11.4. The van der Waals surface area contributed by atoms with Gasteiger partial charge in [-0.25, -0.2) is 9.97 Å². The van der Waals surface area contributed by atoms with Gasteiger partial charge >= 0.3 is 0 Å². The van der Waals surface area contributed by atoms with Crippen molar-refractivity contribution in [3.05, 3.63) is 78.0 Å². The molecule has 0 radical (unpaired) electrons. The summed E-state index contributed by atoms with van der Waals surface area (Å²) < 4.78 is 0. The summed E-state index contributed by atoms with van der Waals surface area (Å²) in [5.74, 6) is 0.435. The average molecular weight is 457 g/mol. The molecule has 0 spiro atoms. The summed E-state index contributed by atoms with van der Waals surface area (Å²) in [6, 6.07) is 11.7. The zero-order chi connectivity index (χ0) is 24.6. The fraction of sp³-hybridized carbons (Fsp3) is 0.296. The first kappa shape index (κ1) is 24.8. The molecule has 7 nitrogen and oxygen atoms in total. The van der Waals surface area contributed by atoms with Crippen molar-refractivity contribution in [2.24, 2.45) is 4.99 Å². The topological polar surface area (TPSA) is 92.2 Å². The van der Waals surface area contributed by atoms with Crippen LogP contribution in [-0.2, 0) is 16.6 Å². The van der Waals surface area contributed by atoms with Crippen molar-refractivity contribution in [1.82, 2.24) is 15.0 Å². The van der Waals surface area contributed by atoms with E-state index in [1.54, 1.807) is 31.9 Å². The summed E-state index contributed by atoms with van der Waals surface area (Å²) in [5.41, 5.74) is 5.33. The number of pyridine rings is 1. The predicted molar refractivity (Wildman–Crippen MR) is 139 cm³/mol. The number of allylic oxidation sites excluding steroid dienone is 2. The average Bonchev–Trinajstić information content (AvgIpc) is 2.80. The van der Waals surface area contributed by atoms with Crippen LogP contribution in [0.5, 0.6) is 0 Å². The highest BCUT2D eigenvalue weighted by Crippen LogP contribution is 2.22. The fourth-order valence-corrected chi connectivity index (χ4v) is 3.28. The number of nitrogens with one attached hydrogen (secondary N) is 2. The number of aromatic nitrogens is 3. The molecule has 34 heavy (non-hydrogen) atoms. The van der Waals surface area contributed by atoms with Gasteiger partial charge in [-0.15, -0.1) is 0 Å². The smallest absolute Gasteiger partial charge is 0.228 e. The van der Waals surface area contributed by atoms with Gasteiger partial charge in [0.05, 0.1) is 24.0 Å². The molecule has 0 fully saturated rings. The van der Waals surface area contributed by atoms with Crippen molar-refractivity contribution in [2.45, 2.75) is 46.0 Å². The Labute approximate surface area is 201 Å². The van der Waals surface area contributed by atoms with Gasteiger partial charge < -0.3 is 10.6 Å². The van der Waals surface area contributed by atoms with Gasteiger partial charge in [-0.2, -0.15) is 0 Å². The van der Waals surface area contributed by atoms with Crippen molar-refractivity contribution < 1.29 is 4.79 Å². The lowest BCUT2D eigenvalue weighted by Gasteiger charge is -2.17. The third kappa shape index (κ3) is 7.07. The van der Waals surface area contributed by atoms with E-state index in [2.05, 4.69) is 58.3 Å². The van der Waals surface area contributed by atoms with Crippen molar-refractivity contribution in [1.29, 1.82) is 0 Å². The Kier molecular flexibility index (Phi) is 8.24. The molecule has 1 aromatic carbocycles. The Balaban J connectivity index is 1.59. The van der Waals surface area contributed by atoms with Crippen LogP contribution in [0.25, 0.3) is 11.1 Å². The van der Waals surface area contributed by atoms with Crippen LogP contribution in [-0.4, -0.2) is 34.1 Å². The van der Waals surface area contributed by atoms with E-state index in [0.29, 0.717) is 11.6 Å². The summed E-state index contributed by atoms with van der Waals surface area (Å²) in [6.45, 7) is 8.39. The van der Waals surface area contributed by atoms with Crippen molar-refractivity contribution in [2.75, 3.05) is 17.7 Å². The molecular formula is C27H32N6O. The number of amides is 1. The maximum absolute atomic E-state index is 12.5. The number of carbonyl (C=O) groups excluding carboxylic acids is 1. The van der Waals surface area contributed by atoms with Gasteiger partial charge in [-0.05, 0) is 29.7 Å². The summed E-state index contributed by atoms with van der Waals surface area (Å²) >= 11 is 0. The van der Waals surface area contributed by atoms with Crippen LogP contribution in [0, 0.1) is 0 Å². The highest BCUT2D eigenvalue weighted by Gasteiger charge is 2.15. The zero-order valence-electron chi connectivity index (χ0n) is 20.5. The van der Waals surface area contributed by atoms with Gasteiger partial charge in [0.2, 0.25) is 11.9 Å². The molecule has 0 aliphatic rings. The number of carbonyl (C=O) groups is 1. The Bertz CT molecular complexity index is 1140. The third-order valence-corrected chi connectivity index (χ3v) is 5.07. The second-order valence-corrected chi connectivity index (χ2v) is 8.98. The van der Waals surface area contributed by atoms with E-state index in [-0.39, 0.29) is 17.7 Å².